The van der Waals surface area contributed by atoms with Crippen molar-refractivity contribution in [3.05, 3.63) is 23.8 Å². The van der Waals surface area contributed by atoms with Gasteiger partial charge in [0.25, 0.3) is 5.91 Å². The van der Waals surface area contributed by atoms with E-state index >= 15 is 0 Å². The predicted molar refractivity (Wildman–Crippen MR) is 79.9 cm³/mol. The van der Waals surface area contributed by atoms with Crippen LogP contribution in [0.25, 0.3) is 0 Å². The molecule has 0 radical (unpaired) electrons. The zero-order chi connectivity index (χ0) is 15.1. The van der Waals surface area contributed by atoms with E-state index in [1.807, 2.05) is 11.8 Å². The van der Waals surface area contributed by atoms with E-state index in [1.165, 1.54) is 0 Å². The third-order valence-electron chi connectivity index (χ3n) is 3.07. The maximum Gasteiger partial charge on any atom is 0.250 e. The van der Waals surface area contributed by atoms with E-state index in [0.717, 1.165) is 0 Å². The summed E-state index contributed by atoms with van der Waals surface area (Å²) in [5.74, 6) is -0.480. The molecule has 1 amide bonds. The Kier molecular flexibility index (Phi) is 6.27. The number of rotatable bonds is 8. The first-order valence-corrected chi connectivity index (χ1v) is 6.45. The molecule has 20 heavy (non-hydrogen) atoms. The molecule has 4 N–H and O–H groups in total. The van der Waals surface area contributed by atoms with Gasteiger partial charge in [-0.3, -0.25) is 4.79 Å². The first-order chi connectivity index (χ1) is 9.51. The van der Waals surface area contributed by atoms with Gasteiger partial charge >= 0.3 is 0 Å². The molecule has 0 aliphatic rings. The van der Waals surface area contributed by atoms with Gasteiger partial charge in [-0.05, 0) is 25.1 Å². The molecule has 1 atom stereocenters. The third-order valence-corrected chi connectivity index (χ3v) is 3.07. The lowest BCUT2D eigenvalue weighted by molar-refractivity contribution is 0.1000. The topological polar surface area (TPSA) is 90.8 Å². The number of primary amides is 1. The lowest BCUT2D eigenvalue weighted by atomic mass is 10.1. The van der Waals surface area contributed by atoms with Crippen molar-refractivity contribution in [3.63, 3.8) is 0 Å². The van der Waals surface area contributed by atoms with Gasteiger partial charge < -0.3 is 25.8 Å². The van der Waals surface area contributed by atoms with Crippen molar-refractivity contribution in [1.29, 1.82) is 0 Å². The molecule has 112 valence electrons. The maximum absolute atomic E-state index is 11.6. The zero-order valence-electron chi connectivity index (χ0n) is 12.3. The minimum absolute atomic E-state index is 0.0649. The van der Waals surface area contributed by atoms with Crippen LogP contribution in [0.5, 0.6) is 0 Å². The van der Waals surface area contributed by atoms with E-state index in [9.17, 15) is 4.79 Å². The Balaban J connectivity index is 3.16. The Morgan fingerprint density at radius 1 is 1.35 bits per heavy atom. The molecule has 0 bridgehead atoms. The Bertz CT molecular complexity index is 451. The van der Waals surface area contributed by atoms with Crippen LogP contribution in [0.2, 0.25) is 0 Å². The fraction of sp³-hybridized carbons (Fsp3) is 0.500. The van der Waals surface area contributed by atoms with Crippen LogP contribution < -0.4 is 16.4 Å². The summed E-state index contributed by atoms with van der Waals surface area (Å²) in [6.45, 7) is 3.68. The molecule has 0 saturated heterocycles. The second-order valence-corrected chi connectivity index (χ2v) is 4.63. The van der Waals surface area contributed by atoms with Crippen molar-refractivity contribution in [1.82, 2.24) is 0 Å². The van der Waals surface area contributed by atoms with E-state index < -0.39 is 5.91 Å². The average Bonchev–Trinajstić information content (AvgIpc) is 2.39. The SMILES string of the molecule is COCCN(c1cc(N)ccc1C(N)=O)C(C)COC. The molecule has 0 aliphatic heterocycles. The number of hydrogen-bond acceptors (Lipinski definition) is 5. The second-order valence-electron chi connectivity index (χ2n) is 4.63. The summed E-state index contributed by atoms with van der Waals surface area (Å²) in [6.07, 6.45) is 0. The highest BCUT2D eigenvalue weighted by Gasteiger charge is 2.20. The van der Waals surface area contributed by atoms with Crippen molar-refractivity contribution in [2.75, 3.05) is 44.6 Å². The number of benzene rings is 1. The average molecular weight is 281 g/mol. The zero-order valence-corrected chi connectivity index (χ0v) is 12.3. The van der Waals surface area contributed by atoms with Crippen molar-refractivity contribution in [2.45, 2.75) is 13.0 Å². The van der Waals surface area contributed by atoms with Gasteiger partial charge in [0.1, 0.15) is 0 Å². The van der Waals surface area contributed by atoms with Crippen molar-refractivity contribution < 1.29 is 14.3 Å². The highest BCUT2D eigenvalue weighted by atomic mass is 16.5. The number of hydrogen-bond donors (Lipinski definition) is 2. The van der Waals surface area contributed by atoms with Gasteiger partial charge in [-0.2, -0.15) is 0 Å². The summed E-state index contributed by atoms with van der Waals surface area (Å²) in [6, 6.07) is 5.13. The number of nitrogens with zero attached hydrogens (tertiary/aromatic N) is 1. The van der Waals surface area contributed by atoms with E-state index in [4.69, 9.17) is 20.9 Å². The molecule has 1 rings (SSSR count). The van der Waals surface area contributed by atoms with E-state index in [1.54, 1.807) is 32.4 Å². The Hall–Kier alpha value is -1.79. The van der Waals surface area contributed by atoms with Crippen LogP contribution in [0, 0.1) is 0 Å². The van der Waals surface area contributed by atoms with Crippen molar-refractivity contribution >= 4 is 17.3 Å². The van der Waals surface area contributed by atoms with Crippen LogP contribution in [0.3, 0.4) is 0 Å². The van der Waals surface area contributed by atoms with Gasteiger partial charge in [0.15, 0.2) is 0 Å². The van der Waals surface area contributed by atoms with Gasteiger partial charge in [-0.15, -0.1) is 0 Å². The molecule has 0 aromatic heterocycles. The quantitative estimate of drug-likeness (QED) is 0.689. The molecule has 0 aliphatic carbocycles. The van der Waals surface area contributed by atoms with Crippen molar-refractivity contribution in [2.24, 2.45) is 5.73 Å². The van der Waals surface area contributed by atoms with E-state index in [-0.39, 0.29) is 6.04 Å². The number of nitrogens with two attached hydrogens (primary N) is 2. The maximum atomic E-state index is 11.6. The standard InChI is InChI=1S/C14H23N3O3/c1-10(9-20-3)17(6-7-19-2)13-8-11(15)4-5-12(13)14(16)18/h4-5,8,10H,6-7,9,15H2,1-3H3,(H2,16,18). The molecule has 0 heterocycles. The monoisotopic (exact) mass is 281 g/mol. The summed E-state index contributed by atoms with van der Waals surface area (Å²) >= 11 is 0. The lowest BCUT2D eigenvalue weighted by Gasteiger charge is -2.32. The van der Waals surface area contributed by atoms with E-state index in [0.29, 0.717) is 36.7 Å². The first kappa shape index (κ1) is 16.3. The summed E-state index contributed by atoms with van der Waals surface area (Å²) in [7, 11) is 3.27. The minimum atomic E-state index is -0.480. The molecule has 1 aromatic carbocycles. The van der Waals surface area contributed by atoms with Gasteiger partial charge in [0, 0.05) is 32.5 Å². The van der Waals surface area contributed by atoms with Gasteiger partial charge in [-0.1, -0.05) is 0 Å². The van der Waals surface area contributed by atoms with Crippen LogP contribution in [0.4, 0.5) is 11.4 Å². The largest absolute Gasteiger partial charge is 0.399 e. The smallest absolute Gasteiger partial charge is 0.250 e. The number of methoxy groups -OCH3 is 2. The van der Waals surface area contributed by atoms with E-state index in [2.05, 4.69) is 0 Å². The van der Waals surface area contributed by atoms with Crippen LogP contribution in [-0.4, -0.2) is 45.9 Å². The predicted octanol–water partition coefficient (Wildman–Crippen LogP) is 0.855. The fourth-order valence-electron chi connectivity index (χ4n) is 2.09. The molecule has 6 heteroatoms. The molecule has 0 spiro atoms. The second kappa shape index (κ2) is 7.72. The van der Waals surface area contributed by atoms with Gasteiger partial charge in [0.05, 0.1) is 24.5 Å². The van der Waals surface area contributed by atoms with Crippen LogP contribution in [0.1, 0.15) is 17.3 Å². The van der Waals surface area contributed by atoms with Gasteiger partial charge in [0.2, 0.25) is 0 Å². The molecular formula is C14H23N3O3. The molecular weight excluding hydrogens is 258 g/mol. The van der Waals surface area contributed by atoms with Crippen LogP contribution in [0.15, 0.2) is 18.2 Å². The lowest BCUT2D eigenvalue weighted by Crippen LogP contribution is -2.40. The van der Waals surface area contributed by atoms with Crippen LogP contribution in [-0.2, 0) is 9.47 Å². The normalized spacial score (nSPS) is 12.2. The molecule has 0 saturated carbocycles. The Morgan fingerprint density at radius 3 is 2.60 bits per heavy atom. The molecule has 1 aromatic rings. The Morgan fingerprint density at radius 2 is 2.05 bits per heavy atom. The van der Waals surface area contributed by atoms with Gasteiger partial charge in [-0.25, -0.2) is 0 Å². The molecule has 1 unspecified atom stereocenters. The summed E-state index contributed by atoms with van der Waals surface area (Å²) in [5.41, 5.74) is 13.0. The fourth-order valence-corrected chi connectivity index (χ4v) is 2.09. The number of ether oxygens (including phenoxy) is 2. The third kappa shape index (κ3) is 4.11. The molecule has 6 nitrogen and oxygen atoms in total. The van der Waals surface area contributed by atoms with Crippen LogP contribution >= 0.6 is 0 Å². The number of anilines is 2. The number of carbonyl (C=O) groups excluding carboxylic acids is 1. The Labute approximate surface area is 119 Å². The summed E-state index contributed by atoms with van der Waals surface area (Å²) in [4.78, 5) is 13.6. The summed E-state index contributed by atoms with van der Waals surface area (Å²) < 4.78 is 10.3. The first-order valence-electron chi connectivity index (χ1n) is 6.45. The number of amides is 1. The summed E-state index contributed by atoms with van der Waals surface area (Å²) in [5, 5.41) is 0. The van der Waals surface area contributed by atoms with Crippen molar-refractivity contribution in [3.8, 4) is 0 Å². The number of carbonyl (C=O) groups is 1. The highest BCUT2D eigenvalue weighted by Crippen LogP contribution is 2.25. The molecule has 0 fully saturated rings. The minimum Gasteiger partial charge on any atom is -0.399 e. The number of nitrogen functional groups attached to an aromatic ring is 1. The highest BCUT2D eigenvalue weighted by molar-refractivity contribution is 5.99.